The fourth-order valence-corrected chi connectivity index (χ4v) is 5.63. The number of nitrogens with one attached hydrogen (secondary N) is 1. The molecule has 0 aliphatic carbocycles. The maximum absolute atomic E-state index is 5.86. The van der Waals surface area contributed by atoms with Crippen molar-refractivity contribution in [3.05, 3.63) is 83.2 Å². The molecule has 0 radical (unpaired) electrons. The molecule has 3 aromatic heterocycles. The van der Waals surface area contributed by atoms with E-state index >= 15 is 0 Å². The molecule has 2 aliphatic heterocycles. The van der Waals surface area contributed by atoms with Crippen molar-refractivity contribution in [3.8, 4) is 0 Å². The molecule has 3 aromatic rings. The Bertz CT molecular complexity index is 1130. The normalized spacial score (nSPS) is 20.9. The van der Waals surface area contributed by atoms with Crippen molar-refractivity contribution in [3.63, 3.8) is 0 Å². The standard InChI is InChI=1S/C27H34N6OS/c1-20-18-23(21(2)32(20)13-7-12-31-14-16-34-17-15-31)26-25(24-9-4-6-11-29-24)30-27(35)33(26)19-22-8-3-5-10-28-22/h3-6,8-11,18,25-26H,7,12-17,19H2,1-2H3,(H,30,35)/t25-,26-/m0/s1. The summed E-state index contributed by atoms with van der Waals surface area (Å²) in [6.45, 7) is 11.0. The lowest BCUT2D eigenvalue weighted by Gasteiger charge is -2.28. The summed E-state index contributed by atoms with van der Waals surface area (Å²) in [4.78, 5) is 14.0. The van der Waals surface area contributed by atoms with Crippen LogP contribution in [-0.4, -0.2) is 62.3 Å². The molecule has 2 fully saturated rings. The zero-order valence-corrected chi connectivity index (χ0v) is 21.4. The van der Waals surface area contributed by atoms with Gasteiger partial charge in [-0.05, 0) is 68.4 Å². The topological polar surface area (TPSA) is 58.5 Å². The highest BCUT2D eigenvalue weighted by molar-refractivity contribution is 7.80. The lowest BCUT2D eigenvalue weighted by Crippen LogP contribution is -2.37. The van der Waals surface area contributed by atoms with E-state index in [1.165, 1.54) is 17.0 Å². The Hall–Kier alpha value is -2.81. The molecule has 0 unspecified atom stereocenters. The quantitative estimate of drug-likeness (QED) is 0.482. The van der Waals surface area contributed by atoms with Gasteiger partial charge in [-0.15, -0.1) is 0 Å². The number of aryl methyl sites for hydroxylation is 1. The van der Waals surface area contributed by atoms with Crippen molar-refractivity contribution in [2.24, 2.45) is 0 Å². The number of aromatic nitrogens is 3. The van der Waals surface area contributed by atoms with E-state index in [1.807, 2.05) is 36.7 Å². The van der Waals surface area contributed by atoms with Gasteiger partial charge in [-0.3, -0.25) is 14.9 Å². The van der Waals surface area contributed by atoms with Crippen LogP contribution in [0, 0.1) is 13.8 Å². The Morgan fingerprint density at radius 1 is 1.03 bits per heavy atom. The van der Waals surface area contributed by atoms with Gasteiger partial charge in [0.15, 0.2) is 5.11 Å². The van der Waals surface area contributed by atoms with Crippen LogP contribution in [0.2, 0.25) is 0 Å². The van der Waals surface area contributed by atoms with Gasteiger partial charge in [0.05, 0.1) is 43.2 Å². The molecule has 35 heavy (non-hydrogen) atoms. The molecule has 0 spiro atoms. The van der Waals surface area contributed by atoms with E-state index < -0.39 is 0 Å². The lowest BCUT2D eigenvalue weighted by molar-refractivity contribution is 0.0369. The summed E-state index contributed by atoms with van der Waals surface area (Å²) in [7, 11) is 0. The average Bonchev–Trinajstić information content (AvgIpc) is 3.36. The Morgan fingerprint density at radius 2 is 1.80 bits per heavy atom. The molecule has 1 N–H and O–H groups in total. The second kappa shape index (κ2) is 10.8. The molecule has 7 nitrogen and oxygen atoms in total. The summed E-state index contributed by atoms with van der Waals surface area (Å²) < 4.78 is 7.96. The number of rotatable bonds is 8. The fraction of sp³-hybridized carbons (Fsp3) is 0.444. The molecule has 0 amide bonds. The molecule has 8 heteroatoms. The van der Waals surface area contributed by atoms with Crippen molar-refractivity contribution < 1.29 is 4.74 Å². The van der Waals surface area contributed by atoms with Crippen LogP contribution < -0.4 is 5.32 Å². The van der Waals surface area contributed by atoms with E-state index in [0.29, 0.717) is 6.54 Å². The Kier molecular flexibility index (Phi) is 7.41. The fourth-order valence-electron chi connectivity index (χ4n) is 5.33. The molecular formula is C27H34N6OS. The van der Waals surface area contributed by atoms with E-state index in [4.69, 9.17) is 17.0 Å². The minimum absolute atomic E-state index is 0.0188. The number of ether oxygens (including phenoxy) is 1. The lowest BCUT2D eigenvalue weighted by atomic mass is 9.96. The second-order valence-corrected chi connectivity index (χ2v) is 9.75. The molecule has 5 rings (SSSR count). The molecule has 184 valence electrons. The number of hydrogen-bond acceptors (Lipinski definition) is 5. The Labute approximate surface area is 213 Å². The predicted molar refractivity (Wildman–Crippen MR) is 141 cm³/mol. The molecule has 0 saturated carbocycles. The summed E-state index contributed by atoms with van der Waals surface area (Å²) in [5.74, 6) is 0. The maximum Gasteiger partial charge on any atom is 0.170 e. The maximum atomic E-state index is 5.86. The second-order valence-electron chi connectivity index (χ2n) is 9.36. The van der Waals surface area contributed by atoms with Crippen molar-refractivity contribution in [2.45, 2.75) is 45.4 Å². The highest BCUT2D eigenvalue weighted by atomic mass is 32.1. The predicted octanol–water partition coefficient (Wildman–Crippen LogP) is 3.79. The Balaban J connectivity index is 1.42. The average molecular weight is 491 g/mol. The Morgan fingerprint density at radius 3 is 2.51 bits per heavy atom. The highest BCUT2D eigenvalue weighted by Gasteiger charge is 2.41. The van der Waals surface area contributed by atoms with Crippen LogP contribution in [0.1, 0.15) is 46.8 Å². The minimum Gasteiger partial charge on any atom is -0.379 e. The van der Waals surface area contributed by atoms with Gasteiger partial charge in [-0.2, -0.15) is 0 Å². The first-order valence-electron chi connectivity index (χ1n) is 12.5. The monoisotopic (exact) mass is 490 g/mol. The van der Waals surface area contributed by atoms with Gasteiger partial charge in [0.1, 0.15) is 0 Å². The minimum atomic E-state index is -0.0188. The first kappa shape index (κ1) is 23.9. The summed E-state index contributed by atoms with van der Waals surface area (Å²) in [6.07, 6.45) is 4.82. The van der Waals surface area contributed by atoms with Crippen LogP contribution in [-0.2, 0) is 17.8 Å². The van der Waals surface area contributed by atoms with E-state index in [1.54, 1.807) is 0 Å². The molecule has 2 saturated heterocycles. The van der Waals surface area contributed by atoms with Crippen LogP contribution in [0.25, 0.3) is 0 Å². The van der Waals surface area contributed by atoms with Crippen LogP contribution >= 0.6 is 12.2 Å². The van der Waals surface area contributed by atoms with E-state index in [0.717, 1.165) is 62.3 Å². The largest absolute Gasteiger partial charge is 0.379 e. The molecule has 2 aliphatic rings. The molecular weight excluding hydrogens is 456 g/mol. The van der Waals surface area contributed by atoms with E-state index in [-0.39, 0.29) is 12.1 Å². The molecule has 0 bridgehead atoms. The zero-order chi connectivity index (χ0) is 24.2. The van der Waals surface area contributed by atoms with Crippen LogP contribution in [0.15, 0.2) is 54.9 Å². The first-order valence-corrected chi connectivity index (χ1v) is 12.9. The van der Waals surface area contributed by atoms with E-state index in [9.17, 15) is 0 Å². The van der Waals surface area contributed by atoms with Crippen molar-refractivity contribution in [1.29, 1.82) is 0 Å². The first-order chi connectivity index (χ1) is 17.1. The third kappa shape index (κ3) is 5.24. The van der Waals surface area contributed by atoms with Crippen LogP contribution in [0.5, 0.6) is 0 Å². The van der Waals surface area contributed by atoms with Gasteiger partial charge >= 0.3 is 0 Å². The van der Waals surface area contributed by atoms with Gasteiger partial charge in [0, 0.05) is 50.0 Å². The highest BCUT2D eigenvalue weighted by Crippen LogP contribution is 2.41. The third-order valence-electron chi connectivity index (χ3n) is 7.15. The smallest absolute Gasteiger partial charge is 0.170 e. The molecule has 2 atom stereocenters. The van der Waals surface area contributed by atoms with Gasteiger partial charge in [0.2, 0.25) is 0 Å². The summed E-state index contributed by atoms with van der Waals surface area (Å²) in [5.41, 5.74) is 5.89. The van der Waals surface area contributed by atoms with Crippen LogP contribution in [0.4, 0.5) is 0 Å². The SMILES string of the molecule is Cc1cc([C@H]2[C@H](c3ccccn3)NC(=S)N2Cc2ccccn2)c(C)n1CCCN1CCOCC1. The number of morpholine rings is 1. The number of pyridine rings is 2. The van der Waals surface area contributed by atoms with Crippen molar-refractivity contribution in [2.75, 3.05) is 32.8 Å². The van der Waals surface area contributed by atoms with Gasteiger partial charge in [-0.1, -0.05) is 12.1 Å². The number of nitrogens with zero attached hydrogens (tertiary/aromatic N) is 5. The summed E-state index contributed by atoms with van der Waals surface area (Å²) >= 11 is 5.86. The van der Waals surface area contributed by atoms with Gasteiger partial charge < -0.3 is 19.5 Å². The third-order valence-corrected chi connectivity index (χ3v) is 7.50. The summed E-state index contributed by atoms with van der Waals surface area (Å²) in [6, 6.07) is 14.5. The van der Waals surface area contributed by atoms with E-state index in [2.05, 4.69) is 61.7 Å². The van der Waals surface area contributed by atoms with Crippen molar-refractivity contribution in [1.82, 2.24) is 29.7 Å². The summed E-state index contributed by atoms with van der Waals surface area (Å²) in [5, 5.41) is 4.31. The number of thiocarbonyl (C=S) groups is 1. The van der Waals surface area contributed by atoms with Crippen molar-refractivity contribution >= 4 is 17.3 Å². The number of hydrogen-bond donors (Lipinski definition) is 1. The molecule has 0 aromatic carbocycles. The molecule has 5 heterocycles. The van der Waals surface area contributed by atoms with Crippen LogP contribution in [0.3, 0.4) is 0 Å². The van der Waals surface area contributed by atoms with Gasteiger partial charge in [-0.25, -0.2) is 0 Å². The van der Waals surface area contributed by atoms with Gasteiger partial charge in [0.25, 0.3) is 0 Å². The zero-order valence-electron chi connectivity index (χ0n) is 20.6.